The number of ether oxygens (including phenoxy) is 2. The maximum atomic E-state index is 11.9. The fraction of sp³-hybridized carbons (Fsp3) is 0.278. The largest absolute Gasteiger partial charge is 0.466 e. The predicted molar refractivity (Wildman–Crippen MR) is 91.7 cm³/mol. The van der Waals surface area contributed by atoms with Crippen LogP contribution in [0.1, 0.15) is 12.2 Å². The molecule has 25 heavy (non-hydrogen) atoms. The third kappa shape index (κ3) is 3.55. The molecule has 3 rings (SSSR count). The molecule has 0 saturated carbocycles. The second-order valence-corrected chi connectivity index (χ2v) is 5.59. The van der Waals surface area contributed by atoms with Gasteiger partial charge in [-0.15, -0.1) is 0 Å². The first-order valence-electron chi connectivity index (χ1n) is 7.92. The molecule has 0 unspecified atom stereocenters. The Hall–Kier alpha value is -3.09. The summed E-state index contributed by atoms with van der Waals surface area (Å²) < 4.78 is 11.5. The summed E-state index contributed by atoms with van der Waals surface area (Å²) in [6, 6.07) is 7.56. The van der Waals surface area contributed by atoms with Gasteiger partial charge in [0, 0.05) is 24.2 Å². The van der Waals surface area contributed by atoms with Gasteiger partial charge in [0.2, 0.25) is 0 Å². The molecular formula is C18H19N3O4. The minimum atomic E-state index is -0.652. The first kappa shape index (κ1) is 16.8. The van der Waals surface area contributed by atoms with Crippen molar-refractivity contribution in [1.29, 1.82) is 0 Å². The van der Waals surface area contributed by atoms with Gasteiger partial charge in [0.15, 0.2) is 0 Å². The lowest BCUT2D eigenvalue weighted by atomic mass is 10.1. The number of methoxy groups -OCH3 is 2. The Bertz CT molecular complexity index is 839. The SMILES string of the molecule is COC(=O)/C=C(/Nc1cccc(-c2cnc3n2CCC3)c1)C(=O)OC. The Morgan fingerprint density at radius 1 is 1.28 bits per heavy atom. The number of fused-ring (bicyclic) bond motifs is 1. The molecule has 2 aromatic rings. The number of benzene rings is 1. The number of aromatic nitrogens is 2. The van der Waals surface area contributed by atoms with E-state index in [0.717, 1.165) is 42.5 Å². The zero-order chi connectivity index (χ0) is 17.8. The summed E-state index contributed by atoms with van der Waals surface area (Å²) in [5.74, 6) is -0.201. The summed E-state index contributed by atoms with van der Waals surface area (Å²) in [6.45, 7) is 0.956. The van der Waals surface area contributed by atoms with Crippen LogP contribution in [0.2, 0.25) is 0 Å². The highest BCUT2D eigenvalue weighted by Gasteiger charge is 2.17. The molecule has 1 aliphatic rings. The molecule has 1 aromatic carbocycles. The van der Waals surface area contributed by atoms with E-state index in [1.165, 1.54) is 14.2 Å². The van der Waals surface area contributed by atoms with Gasteiger partial charge < -0.3 is 19.4 Å². The van der Waals surface area contributed by atoms with E-state index in [9.17, 15) is 9.59 Å². The molecule has 2 heterocycles. The average molecular weight is 341 g/mol. The van der Waals surface area contributed by atoms with Crippen molar-refractivity contribution in [1.82, 2.24) is 9.55 Å². The minimum absolute atomic E-state index is 0.00464. The van der Waals surface area contributed by atoms with Crippen LogP contribution in [-0.2, 0) is 32.0 Å². The van der Waals surface area contributed by atoms with E-state index in [1.807, 2.05) is 24.4 Å². The van der Waals surface area contributed by atoms with Crippen LogP contribution in [-0.4, -0.2) is 35.7 Å². The molecule has 0 fully saturated rings. The van der Waals surface area contributed by atoms with Gasteiger partial charge in [-0.25, -0.2) is 14.6 Å². The van der Waals surface area contributed by atoms with Crippen molar-refractivity contribution in [2.45, 2.75) is 19.4 Å². The number of hydrogen-bond acceptors (Lipinski definition) is 6. The van der Waals surface area contributed by atoms with Gasteiger partial charge >= 0.3 is 11.9 Å². The third-order valence-electron chi connectivity index (χ3n) is 4.03. The molecule has 7 heteroatoms. The molecule has 1 N–H and O–H groups in total. The second-order valence-electron chi connectivity index (χ2n) is 5.59. The molecule has 0 atom stereocenters. The number of aryl methyl sites for hydroxylation is 1. The normalized spacial score (nSPS) is 13.3. The van der Waals surface area contributed by atoms with Gasteiger partial charge in [-0.1, -0.05) is 12.1 Å². The molecule has 0 radical (unpaired) electrons. The van der Waals surface area contributed by atoms with Crippen molar-refractivity contribution in [3.63, 3.8) is 0 Å². The van der Waals surface area contributed by atoms with Crippen LogP contribution in [0.3, 0.4) is 0 Å². The fourth-order valence-corrected chi connectivity index (χ4v) is 2.83. The third-order valence-corrected chi connectivity index (χ3v) is 4.03. The van der Waals surface area contributed by atoms with Crippen LogP contribution in [0.5, 0.6) is 0 Å². The van der Waals surface area contributed by atoms with E-state index < -0.39 is 11.9 Å². The van der Waals surface area contributed by atoms with E-state index in [1.54, 1.807) is 6.07 Å². The average Bonchev–Trinajstić information content (AvgIpc) is 3.24. The van der Waals surface area contributed by atoms with E-state index in [4.69, 9.17) is 4.74 Å². The van der Waals surface area contributed by atoms with Gasteiger partial charge in [-0.2, -0.15) is 0 Å². The van der Waals surface area contributed by atoms with Crippen molar-refractivity contribution in [3.05, 3.63) is 48.1 Å². The standard InChI is InChI=1S/C18H19N3O4/c1-24-17(22)10-14(18(23)25-2)20-13-6-3-5-12(9-13)15-11-19-16-7-4-8-21(15)16/h3,5-6,9-11,20H,4,7-8H2,1-2H3/b14-10+. The zero-order valence-corrected chi connectivity index (χ0v) is 14.1. The maximum Gasteiger partial charge on any atom is 0.354 e. The topological polar surface area (TPSA) is 82.5 Å². The van der Waals surface area contributed by atoms with E-state index in [0.29, 0.717) is 5.69 Å². The lowest BCUT2D eigenvalue weighted by Gasteiger charge is -2.11. The Kier molecular flexibility index (Phi) is 4.83. The van der Waals surface area contributed by atoms with E-state index in [2.05, 4.69) is 19.6 Å². The maximum absolute atomic E-state index is 11.9. The van der Waals surface area contributed by atoms with Crippen LogP contribution >= 0.6 is 0 Å². The summed E-state index contributed by atoms with van der Waals surface area (Å²) in [5, 5.41) is 2.92. The van der Waals surface area contributed by atoms with Crippen LogP contribution in [0.25, 0.3) is 11.3 Å². The number of esters is 2. The van der Waals surface area contributed by atoms with Gasteiger partial charge in [-0.3, -0.25) is 0 Å². The molecule has 7 nitrogen and oxygen atoms in total. The van der Waals surface area contributed by atoms with Crippen LogP contribution in [0.4, 0.5) is 5.69 Å². The summed E-state index contributed by atoms with van der Waals surface area (Å²) in [7, 11) is 2.50. The molecule has 0 saturated heterocycles. The Labute approximate surface area is 145 Å². The van der Waals surface area contributed by atoms with Gasteiger partial charge in [0.1, 0.15) is 11.5 Å². The number of imidazole rings is 1. The number of rotatable bonds is 5. The Morgan fingerprint density at radius 3 is 2.88 bits per heavy atom. The quantitative estimate of drug-likeness (QED) is 0.663. The van der Waals surface area contributed by atoms with Crippen molar-refractivity contribution in [2.24, 2.45) is 0 Å². The van der Waals surface area contributed by atoms with Gasteiger partial charge in [-0.05, 0) is 18.6 Å². The smallest absolute Gasteiger partial charge is 0.354 e. The number of anilines is 1. The molecule has 1 aromatic heterocycles. The second kappa shape index (κ2) is 7.21. The molecule has 0 amide bonds. The number of carbonyl (C=O) groups is 2. The van der Waals surface area contributed by atoms with Crippen molar-refractivity contribution in [2.75, 3.05) is 19.5 Å². The number of nitrogens with zero attached hydrogens (tertiary/aromatic N) is 2. The minimum Gasteiger partial charge on any atom is -0.466 e. The monoisotopic (exact) mass is 341 g/mol. The first-order valence-corrected chi connectivity index (χ1v) is 7.92. The Morgan fingerprint density at radius 2 is 2.12 bits per heavy atom. The van der Waals surface area contributed by atoms with Gasteiger partial charge in [0.25, 0.3) is 0 Å². The highest BCUT2D eigenvalue weighted by molar-refractivity contribution is 5.98. The number of hydrogen-bond donors (Lipinski definition) is 1. The fourth-order valence-electron chi connectivity index (χ4n) is 2.83. The lowest BCUT2D eigenvalue weighted by Crippen LogP contribution is -2.15. The predicted octanol–water partition coefficient (Wildman–Crippen LogP) is 2.14. The highest BCUT2D eigenvalue weighted by atomic mass is 16.5. The van der Waals surface area contributed by atoms with Crippen molar-refractivity contribution < 1.29 is 19.1 Å². The van der Waals surface area contributed by atoms with Crippen LogP contribution in [0, 0.1) is 0 Å². The van der Waals surface area contributed by atoms with E-state index >= 15 is 0 Å². The summed E-state index contributed by atoms with van der Waals surface area (Å²) in [5.41, 5.74) is 2.68. The molecule has 130 valence electrons. The van der Waals surface area contributed by atoms with Crippen LogP contribution in [0.15, 0.2) is 42.2 Å². The molecule has 0 bridgehead atoms. The van der Waals surface area contributed by atoms with Crippen molar-refractivity contribution >= 4 is 17.6 Å². The highest BCUT2D eigenvalue weighted by Crippen LogP contribution is 2.27. The molecule has 1 aliphatic heterocycles. The molecular weight excluding hydrogens is 322 g/mol. The van der Waals surface area contributed by atoms with Crippen LogP contribution < -0.4 is 5.32 Å². The Balaban J connectivity index is 1.89. The van der Waals surface area contributed by atoms with Gasteiger partial charge in [0.05, 0.1) is 32.2 Å². The van der Waals surface area contributed by atoms with Crippen molar-refractivity contribution in [3.8, 4) is 11.3 Å². The molecule has 0 spiro atoms. The number of carbonyl (C=O) groups excluding carboxylic acids is 2. The van der Waals surface area contributed by atoms with E-state index in [-0.39, 0.29) is 5.70 Å². The molecule has 0 aliphatic carbocycles. The zero-order valence-electron chi connectivity index (χ0n) is 14.1. The summed E-state index contributed by atoms with van der Waals surface area (Å²) in [6.07, 6.45) is 5.02. The summed E-state index contributed by atoms with van der Waals surface area (Å²) >= 11 is 0. The number of nitrogens with one attached hydrogen (secondary N) is 1. The first-order chi connectivity index (χ1) is 12.1. The summed E-state index contributed by atoms with van der Waals surface area (Å²) in [4.78, 5) is 27.8. The lowest BCUT2D eigenvalue weighted by molar-refractivity contribution is -0.138.